The second-order valence-corrected chi connectivity index (χ2v) is 4.00. The fourth-order valence-corrected chi connectivity index (χ4v) is 1.64. The van der Waals surface area contributed by atoms with Crippen molar-refractivity contribution in [2.75, 3.05) is 6.54 Å². The number of ether oxygens (including phenoxy) is 1. The number of nitrogens with two attached hydrogens (primary N) is 1. The van der Waals surface area contributed by atoms with Gasteiger partial charge in [0.25, 0.3) is 0 Å². The standard InChI is InChI=1S/C10H19N3O3/c1-7-4-5-8(16-7)10(14)12-6-2-3-9(11)13-15/h7-8,15H,2-6H2,1H3,(H2,11,13)(H,12,14). The molecule has 0 aromatic heterocycles. The maximum absolute atomic E-state index is 11.6. The lowest BCUT2D eigenvalue weighted by Crippen LogP contribution is -2.35. The summed E-state index contributed by atoms with van der Waals surface area (Å²) in [5.41, 5.74) is 5.29. The van der Waals surface area contributed by atoms with E-state index in [-0.39, 0.29) is 24.0 Å². The molecule has 1 aliphatic rings. The quantitative estimate of drug-likeness (QED) is 0.206. The van der Waals surface area contributed by atoms with E-state index >= 15 is 0 Å². The number of hydrogen-bond donors (Lipinski definition) is 3. The lowest BCUT2D eigenvalue weighted by atomic mass is 10.2. The molecule has 1 amide bonds. The summed E-state index contributed by atoms with van der Waals surface area (Å²) in [5, 5.41) is 13.9. The minimum Gasteiger partial charge on any atom is -0.409 e. The van der Waals surface area contributed by atoms with Crippen molar-refractivity contribution in [3.05, 3.63) is 0 Å². The number of carbonyl (C=O) groups excluding carboxylic acids is 1. The van der Waals surface area contributed by atoms with Crippen molar-refractivity contribution in [3.8, 4) is 0 Å². The number of nitrogens with one attached hydrogen (secondary N) is 1. The van der Waals surface area contributed by atoms with Crippen LogP contribution in [0.5, 0.6) is 0 Å². The number of rotatable bonds is 5. The lowest BCUT2D eigenvalue weighted by molar-refractivity contribution is -0.131. The molecule has 0 aromatic carbocycles. The van der Waals surface area contributed by atoms with Gasteiger partial charge in [-0.2, -0.15) is 0 Å². The van der Waals surface area contributed by atoms with Gasteiger partial charge in [0.05, 0.1) is 6.10 Å². The first kappa shape index (κ1) is 12.8. The van der Waals surface area contributed by atoms with Crippen LogP contribution in [0.3, 0.4) is 0 Å². The predicted octanol–water partition coefficient (Wildman–Crippen LogP) is 0.197. The minimum absolute atomic E-state index is 0.0659. The molecule has 16 heavy (non-hydrogen) atoms. The van der Waals surface area contributed by atoms with Crippen molar-refractivity contribution in [2.24, 2.45) is 10.9 Å². The number of carbonyl (C=O) groups is 1. The molecule has 2 atom stereocenters. The Morgan fingerprint density at radius 3 is 2.94 bits per heavy atom. The Kier molecular flexibility index (Phi) is 5.04. The van der Waals surface area contributed by atoms with Crippen molar-refractivity contribution < 1.29 is 14.7 Å². The maximum Gasteiger partial charge on any atom is 0.249 e. The zero-order chi connectivity index (χ0) is 12.0. The van der Waals surface area contributed by atoms with Gasteiger partial charge in [0.2, 0.25) is 5.91 Å². The van der Waals surface area contributed by atoms with Crippen molar-refractivity contribution in [2.45, 2.75) is 44.8 Å². The van der Waals surface area contributed by atoms with E-state index in [1.54, 1.807) is 0 Å². The summed E-state index contributed by atoms with van der Waals surface area (Å²) >= 11 is 0. The van der Waals surface area contributed by atoms with Gasteiger partial charge < -0.3 is 21.0 Å². The van der Waals surface area contributed by atoms with Gasteiger partial charge in [-0.25, -0.2) is 0 Å². The molecule has 0 spiro atoms. The summed E-state index contributed by atoms with van der Waals surface area (Å²) in [5.74, 6) is 0.115. The van der Waals surface area contributed by atoms with E-state index < -0.39 is 0 Å². The molecule has 0 radical (unpaired) electrons. The van der Waals surface area contributed by atoms with Crippen LogP contribution in [-0.4, -0.2) is 35.7 Å². The van der Waals surface area contributed by atoms with Gasteiger partial charge in [-0.05, 0) is 26.2 Å². The molecule has 4 N–H and O–H groups in total. The number of hydrogen-bond acceptors (Lipinski definition) is 4. The van der Waals surface area contributed by atoms with Crippen LogP contribution in [0.2, 0.25) is 0 Å². The van der Waals surface area contributed by atoms with E-state index in [9.17, 15) is 4.79 Å². The van der Waals surface area contributed by atoms with Crippen LogP contribution in [0, 0.1) is 0 Å². The Morgan fingerprint density at radius 2 is 2.38 bits per heavy atom. The number of amides is 1. The maximum atomic E-state index is 11.6. The van der Waals surface area contributed by atoms with E-state index in [2.05, 4.69) is 10.5 Å². The second kappa shape index (κ2) is 6.32. The lowest BCUT2D eigenvalue weighted by Gasteiger charge is -2.11. The van der Waals surface area contributed by atoms with E-state index in [4.69, 9.17) is 15.7 Å². The third-order valence-electron chi connectivity index (χ3n) is 2.56. The number of amidine groups is 1. The van der Waals surface area contributed by atoms with Crippen LogP contribution in [0.15, 0.2) is 5.16 Å². The third kappa shape index (κ3) is 4.06. The molecular formula is C10H19N3O3. The van der Waals surface area contributed by atoms with Crippen LogP contribution in [0.25, 0.3) is 0 Å². The summed E-state index contributed by atoms with van der Waals surface area (Å²) in [6.45, 7) is 2.48. The van der Waals surface area contributed by atoms with E-state index in [1.165, 1.54) is 0 Å². The average molecular weight is 229 g/mol. The highest BCUT2D eigenvalue weighted by Gasteiger charge is 2.27. The van der Waals surface area contributed by atoms with Crippen LogP contribution >= 0.6 is 0 Å². The Labute approximate surface area is 94.8 Å². The molecule has 2 unspecified atom stereocenters. The first-order valence-corrected chi connectivity index (χ1v) is 5.53. The van der Waals surface area contributed by atoms with Crippen molar-refractivity contribution in [3.63, 3.8) is 0 Å². The zero-order valence-corrected chi connectivity index (χ0v) is 9.48. The molecule has 92 valence electrons. The highest BCUT2D eigenvalue weighted by atomic mass is 16.5. The van der Waals surface area contributed by atoms with Crippen molar-refractivity contribution in [1.82, 2.24) is 5.32 Å². The number of nitrogens with zero attached hydrogens (tertiary/aromatic N) is 1. The molecule has 1 saturated heterocycles. The molecule has 0 saturated carbocycles. The Hall–Kier alpha value is -1.30. The van der Waals surface area contributed by atoms with Crippen LogP contribution in [0.4, 0.5) is 0 Å². The van der Waals surface area contributed by atoms with Gasteiger partial charge >= 0.3 is 0 Å². The van der Waals surface area contributed by atoms with Gasteiger partial charge in [-0.1, -0.05) is 5.16 Å². The van der Waals surface area contributed by atoms with Gasteiger partial charge in [0.1, 0.15) is 11.9 Å². The summed E-state index contributed by atoms with van der Waals surface area (Å²) in [6.07, 6.45) is 2.71. The molecule has 1 aliphatic heterocycles. The Balaban J connectivity index is 2.11. The second-order valence-electron chi connectivity index (χ2n) is 4.00. The third-order valence-corrected chi connectivity index (χ3v) is 2.56. The highest BCUT2D eigenvalue weighted by Crippen LogP contribution is 2.18. The topological polar surface area (TPSA) is 96.9 Å². The Bertz CT molecular complexity index is 268. The van der Waals surface area contributed by atoms with Gasteiger partial charge in [-0.15, -0.1) is 0 Å². The van der Waals surface area contributed by atoms with Gasteiger partial charge in [0, 0.05) is 13.0 Å². The van der Waals surface area contributed by atoms with E-state index in [1.807, 2.05) is 6.92 Å². The molecule has 0 aromatic rings. The molecule has 1 heterocycles. The molecule has 0 aliphatic carbocycles. The van der Waals surface area contributed by atoms with E-state index in [0.717, 1.165) is 12.8 Å². The summed E-state index contributed by atoms with van der Waals surface area (Å²) in [6, 6.07) is 0. The monoisotopic (exact) mass is 229 g/mol. The molecular weight excluding hydrogens is 210 g/mol. The molecule has 1 rings (SSSR count). The summed E-state index contributed by atoms with van der Waals surface area (Å²) in [7, 11) is 0. The minimum atomic E-state index is -0.307. The first-order chi connectivity index (χ1) is 7.63. The molecule has 1 fully saturated rings. The molecule has 6 heteroatoms. The van der Waals surface area contributed by atoms with Gasteiger partial charge in [-0.3, -0.25) is 4.79 Å². The average Bonchev–Trinajstić information content (AvgIpc) is 2.70. The van der Waals surface area contributed by atoms with E-state index in [0.29, 0.717) is 19.4 Å². The highest BCUT2D eigenvalue weighted by molar-refractivity contribution is 5.81. The van der Waals surface area contributed by atoms with Crippen LogP contribution in [0.1, 0.15) is 32.6 Å². The van der Waals surface area contributed by atoms with Gasteiger partial charge in [0.15, 0.2) is 0 Å². The van der Waals surface area contributed by atoms with Crippen molar-refractivity contribution in [1.29, 1.82) is 0 Å². The molecule has 6 nitrogen and oxygen atoms in total. The summed E-state index contributed by atoms with van der Waals surface area (Å²) < 4.78 is 5.42. The van der Waals surface area contributed by atoms with Crippen LogP contribution < -0.4 is 11.1 Å². The largest absolute Gasteiger partial charge is 0.409 e. The Morgan fingerprint density at radius 1 is 1.62 bits per heavy atom. The number of oxime groups is 1. The van der Waals surface area contributed by atoms with Crippen LogP contribution in [-0.2, 0) is 9.53 Å². The SMILES string of the molecule is CC1CCC(C(=O)NCCCC(N)=NO)O1. The fourth-order valence-electron chi connectivity index (χ4n) is 1.64. The fraction of sp³-hybridized carbons (Fsp3) is 0.800. The molecule has 0 bridgehead atoms. The zero-order valence-electron chi connectivity index (χ0n) is 9.48. The predicted molar refractivity (Wildman–Crippen MR) is 59.2 cm³/mol. The normalized spacial score (nSPS) is 25.7. The first-order valence-electron chi connectivity index (χ1n) is 5.53. The smallest absolute Gasteiger partial charge is 0.249 e. The summed E-state index contributed by atoms with van der Waals surface area (Å²) in [4.78, 5) is 11.6. The van der Waals surface area contributed by atoms with Crippen molar-refractivity contribution >= 4 is 11.7 Å².